The second-order valence-corrected chi connectivity index (χ2v) is 5.14. The van der Waals surface area contributed by atoms with Gasteiger partial charge in [-0.15, -0.1) is 0 Å². The largest absolute Gasteiger partial charge is 0.496 e. The van der Waals surface area contributed by atoms with Crippen LogP contribution in [0.2, 0.25) is 0 Å². The molecule has 0 atom stereocenters. The number of amides is 1. The number of ether oxygens (including phenoxy) is 1. The van der Waals surface area contributed by atoms with Crippen molar-refractivity contribution in [1.29, 1.82) is 0 Å². The number of carbonyl (C=O) groups is 1. The number of nitrogens with zero attached hydrogens (tertiary/aromatic N) is 2. The maximum atomic E-state index is 12.4. The van der Waals surface area contributed by atoms with Crippen LogP contribution in [0.3, 0.4) is 0 Å². The number of hydrogen-bond acceptors (Lipinski definition) is 4. The number of para-hydroxylation sites is 1. The number of methoxy groups -OCH3 is 1. The summed E-state index contributed by atoms with van der Waals surface area (Å²) in [4.78, 5) is 21.0. The number of benzene rings is 1. The zero-order chi connectivity index (χ0) is 16.8. The van der Waals surface area contributed by atoms with E-state index in [0.29, 0.717) is 17.9 Å². The van der Waals surface area contributed by atoms with Crippen LogP contribution in [0.5, 0.6) is 5.75 Å². The van der Waals surface area contributed by atoms with Crippen LogP contribution in [-0.2, 0) is 6.54 Å². The molecule has 2 aromatic heterocycles. The SMILES string of the molecule is COc1ccccc1C(=O)NCc1cccnc1-c1cccnc1. The molecule has 3 aromatic rings. The second kappa shape index (κ2) is 7.37. The van der Waals surface area contributed by atoms with Crippen LogP contribution in [-0.4, -0.2) is 23.0 Å². The average Bonchev–Trinajstić information content (AvgIpc) is 2.67. The zero-order valence-electron chi connectivity index (χ0n) is 13.3. The Morgan fingerprint density at radius 3 is 2.71 bits per heavy atom. The third-order valence-electron chi connectivity index (χ3n) is 3.62. The molecule has 5 nitrogen and oxygen atoms in total. The Bertz CT molecular complexity index is 835. The van der Waals surface area contributed by atoms with E-state index in [-0.39, 0.29) is 5.91 Å². The molecule has 0 radical (unpaired) electrons. The maximum absolute atomic E-state index is 12.4. The van der Waals surface area contributed by atoms with Crippen molar-refractivity contribution in [2.24, 2.45) is 0 Å². The predicted octanol–water partition coefficient (Wildman–Crippen LogP) is 3.08. The zero-order valence-corrected chi connectivity index (χ0v) is 13.3. The van der Waals surface area contributed by atoms with Crippen LogP contribution < -0.4 is 10.1 Å². The second-order valence-electron chi connectivity index (χ2n) is 5.14. The van der Waals surface area contributed by atoms with Gasteiger partial charge in [0.15, 0.2) is 0 Å². The average molecular weight is 319 g/mol. The molecule has 0 bridgehead atoms. The van der Waals surface area contributed by atoms with E-state index in [1.54, 1.807) is 37.8 Å². The molecular formula is C19H17N3O2. The Morgan fingerprint density at radius 2 is 1.92 bits per heavy atom. The molecule has 24 heavy (non-hydrogen) atoms. The minimum Gasteiger partial charge on any atom is -0.496 e. The van der Waals surface area contributed by atoms with Gasteiger partial charge in [0.1, 0.15) is 5.75 Å². The fraction of sp³-hybridized carbons (Fsp3) is 0.105. The van der Waals surface area contributed by atoms with Crippen LogP contribution in [0.4, 0.5) is 0 Å². The summed E-state index contributed by atoms with van der Waals surface area (Å²) < 4.78 is 5.23. The molecule has 0 aliphatic carbocycles. The van der Waals surface area contributed by atoms with Crippen LogP contribution in [0.15, 0.2) is 67.1 Å². The highest BCUT2D eigenvalue weighted by Gasteiger charge is 2.12. The molecule has 0 saturated carbocycles. The highest BCUT2D eigenvalue weighted by Crippen LogP contribution is 2.21. The van der Waals surface area contributed by atoms with E-state index in [0.717, 1.165) is 16.8 Å². The van der Waals surface area contributed by atoms with Crippen LogP contribution >= 0.6 is 0 Å². The number of rotatable bonds is 5. The third-order valence-corrected chi connectivity index (χ3v) is 3.62. The van der Waals surface area contributed by atoms with E-state index in [9.17, 15) is 4.79 Å². The first-order valence-corrected chi connectivity index (χ1v) is 7.55. The van der Waals surface area contributed by atoms with Gasteiger partial charge in [-0.3, -0.25) is 14.8 Å². The number of hydrogen-bond donors (Lipinski definition) is 1. The van der Waals surface area contributed by atoms with Gasteiger partial charge in [-0.05, 0) is 35.9 Å². The fourth-order valence-electron chi connectivity index (χ4n) is 2.45. The lowest BCUT2D eigenvalue weighted by Crippen LogP contribution is -2.23. The summed E-state index contributed by atoms with van der Waals surface area (Å²) in [6.07, 6.45) is 5.21. The highest BCUT2D eigenvalue weighted by atomic mass is 16.5. The van der Waals surface area contributed by atoms with Crippen molar-refractivity contribution in [2.45, 2.75) is 6.54 Å². The quantitative estimate of drug-likeness (QED) is 0.785. The predicted molar refractivity (Wildman–Crippen MR) is 91.6 cm³/mol. The normalized spacial score (nSPS) is 10.2. The molecule has 120 valence electrons. The molecule has 0 aliphatic rings. The van der Waals surface area contributed by atoms with E-state index in [1.807, 2.05) is 36.4 Å². The molecule has 0 saturated heterocycles. The molecule has 1 amide bonds. The lowest BCUT2D eigenvalue weighted by Gasteiger charge is -2.11. The van der Waals surface area contributed by atoms with Crippen molar-refractivity contribution >= 4 is 5.91 Å². The van der Waals surface area contributed by atoms with Gasteiger partial charge in [0.2, 0.25) is 0 Å². The third kappa shape index (κ3) is 3.41. The number of carbonyl (C=O) groups excluding carboxylic acids is 1. The van der Waals surface area contributed by atoms with Gasteiger partial charge >= 0.3 is 0 Å². The minimum atomic E-state index is -0.187. The van der Waals surface area contributed by atoms with E-state index in [2.05, 4.69) is 15.3 Å². The molecule has 0 spiro atoms. The maximum Gasteiger partial charge on any atom is 0.255 e. The number of aromatic nitrogens is 2. The molecule has 2 heterocycles. The van der Waals surface area contributed by atoms with Gasteiger partial charge < -0.3 is 10.1 Å². The monoisotopic (exact) mass is 319 g/mol. The van der Waals surface area contributed by atoms with Crippen LogP contribution in [0, 0.1) is 0 Å². The van der Waals surface area contributed by atoms with Crippen molar-refractivity contribution < 1.29 is 9.53 Å². The Hall–Kier alpha value is -3.21. The smallest absolute Gasteiger partial charge is 0.255 e. The summed E-state index contributed by atoms with van der Waals surface area (Å²) in [7, 11) is 1.55. The van der Waals surface area contributed by atoms with Gasteiger partial charge in [0.05, 0.1) is 18.4 Å². The van der Waals surface area contributed by atoms with Crippen LogP contribution in [0.25, 0.3) is 11.3 Å². The first-order chi connectivity index (χ1) is 11.8. The molecule has 3 rings (SSSR count). The lowest BCUT2D eigenvalue weighted by molar-refractivity contribution is 0.0948. The fourth-order valence-corrected chi connectivity index (χ4v) is 2.45. The van der Waals surface area contributed by atoms with Crippen molar-refractivity contribution in [3.8, 4) is 17.0 Å². The highest BCUT2D eigenvalue weighted by molar-refractivity contribution is 5.96. The molecular weight excluding hydrogens is 302 g/mol. The van der Waals surface area contributed by atoms with Crippen molar-refractivity contribution in [1.82, 2.24) is 15.3 Å². The molecule has 0 fully saturated rings. The van der Waals surface area contributed by atoms with Gasteiger partial charge in [-0.1, -0.05) is 18.2 Å². The van der Waals surface area contributed by atoms with Crippen molar-refractivity contribution in [2.75, 3.05) is 7.11 Å². The molecule has 1 aromatic carbocycles. The number of nitrogens with one attached hydrogen (secondary N) is 1. The Labute approximate surface area is 140 Å². The van der Waals surface area contributed by atoms with Gasteiger partial charge in [0.25, 0.3) is 5.91 Å². The van der Waals surface area contributed by atoms with E-state index < -0.39 is 0 Å². The van der Waals surface area contributed by atoms with Crippen molar-refractivity contribution in [3.63, 3.8) is 0 Å². The number of pyridine rings is 2. The van der Waals surface area contributed by atoms with Gasteiger partial charge in [-0.25, -0.2) is 0 Å². The molecule has 5 heteroatoms. The summed E-state index contributed by atoms with van der Waals surface area (Å²) >= 11 is 0. The lowest BCUT2D eigenvalue weighted by atomic mass is 10.1. The topological polar surface area (TPSA) is 64.1 Å². The summed E-state index contributed by atoms with van der Waals surface area (Å²) in [5.41, 5.74) is 3.16. The standard InChI is InChI=1S/C19H17N3O2/c1-24-17-9-3-2-8-16(17)19(23)22-13-15-7-5-11-21-18(15)14-6-4-10-20-12-14/h2-12H,13H2,1H3,(H,22,23). The Balaban J connectivity index is 1.79. The summed E-state index contributed by atoms with van der Waals surface area (Å²) in [5.74, 6) is 0.363. The van der Waals surface area contributed by atoms with Crippen LogP contribution in [0.1, 0.15) is 15.9 Å². The summed E-state index contributed by atoms with van der Waals surface area (Å²) in [5, 5.41) is 2.92. The summed E-state index contributed by atoms with van der Waals surface area (Å²) in [6.45, 7) is 0.370. The van der Waals surface area contributed by atoms with E-state index >= 15 is 0 Å². The van der Waals surface area contributed by atoms with E-state index in [4.69, 9.17) is 4.74 Å². The summed E-state index contributed by atoms with van der Waals surface area (Å²) in [6, 6.07) is 14.7. The molecule has 1 N–H and O–H groups in total. The first-order valence-electron chi connectivity index (χ1n) is 7.55. The minimum absolute atomic E-state index is 0.187. The van der Waals surface area contributed by atoms with Gasteiger partial charge in [0, 0.05) is 30.7 Å². The van der Waals surface area contributed by atoms with Crippen molar-refractivity contribution in [3.05, 3.63) is 78.2 Å². The Morgan fingerprint density at radius 1 is 1.08 bits per heavy atom. The Kier molecular flexibility index (Phi) is 4.81. The molecule has 0 aliphatic heterocycles. The van der Waals surface area contributed by atoms with Gasteiger partial charge in [-0.2, -0.15) is 0 Å². The molecule has 0 unspecified atom stereocenters. The first kappa shape index (κ1) is 15.7. The van der Waals surface area contributed by atoms with E-state index in [1.165, 1.54) is 0 Å².